The highest BCUT2D eigenvalue weighted by atomic mass is 35.5. The maximum atomic E-state index is 14.2. The van der Waals surface area contributed by atoms with Crippen LogP contribution in [0.5, 0.6) is 0 Å². The third kappa shape index (κ3) is 3.90. The summed E-state index contributed by atoms with van der Waals surface area (Å²) >= 11 is 12.2. The van der Waals surface area contributed by atoms with Crippen LogP contribution in [0.25, 0.3) is 11.5 Å². The average Bonchev–Trinajstić information content (AvgIpc) is 3.49. The zero-order valence-electron chi connectivity index (χ0n) is 18.6. The van der Waals surface area contributed by atoms with Gasteiger partial charge in [0.1, 0.15) is 11.1 Å². The Kier molecular flexibility index (Phi) is 5.76. The summed E-state index contributed by atoms with van der Waals surface area (Å²) < 4.78 is 48.7. The molecule has 0 unspecified atom stereocenters. The lowest BCUT2D eigenvalue weighted by Gasteiger charge is -2.28. The van der Waals surface area contributed by atoms with Crippen LogP contribution in [0, 0.1) is 0 Å². The molecule has 1 aliphatic rings. The standard InChI is InChI=1S/C20H16Cl2F3N9O2/c1-19(20(23,24)25)9-32(13-7-26-15-4-14(22)31-33(15)16(13)19)18(35)29-10-3-12(21)17(27-5-10)34-28-6-11(30-34)8-36-2/h3-7H,8-9H2,1-2H3,(H,29,35)/t19-/m1/s1. The number of urea groups is 1. The molecular weight excluding hydrogens is 526 g/mol. The summed E-state index contributed by atoms with van der Waals surface area (Å²) in [7, 11) is 1.51. The third-order valence-electron chi connectivity index (χ3n) is 5.69. The number of nitrogens with zero attached hydrogens (tertiary/aromatic N) is 8. The van der Waals surface area contributed by atoms with Crippen LogP contribution in [-0.4, -0.2) is 60.4 Å². The molecule has 1 N–H and O–H groups in total. The Labute approximate surface area is 210 Å². The minimum absolute atomic E-state index is 0.0230. The lowest BCUT2D eigenvalue weighted by atomic mass is 9.88. The number of carbonyl (C=O) groups excluding carboxylic acids is 1. The number of ether oxygens (including phenoxy) is 1. The van der Waals surface area contributed by atoms with E-state index in [1.165, 1.54) is 42.6 Å². The van der Waals surface area contributed by atoms with Crippen LogP contribution >= 0.6 is 23.2 Å². The van der Waals surface area contributed by atoms with Crippen molar-refractivity contribution in [3.05, 3.63) is 52.3 Å². The fraction of sp³-hybridized carbons (Fsp3) is 0.300. The topological polar surface area (TPSA) is 115 Å². The first-order valence-electron chi connectivity index (χ1n) is 10.3. The summed E-state index contributed by atoms with van der Waals surface area (Å²) in [5, 5.41) is 14.8. The molecule has 1 atom stereocenters. The van der Waals surface area contributed by atoms with E-state index in [9.17, 15) is 18.0 Å². The van der Waals surface area contributed by atoms with Crippen molar-refractivity contribution in [1.29, 1.82) is 0 Å². The molecule has 1 aliphatic heterocycles. The second-order valence-corrected chi connectivity index (χ2v) is 8.96. The molecule has 4 aromatic rings. The van der Waals surface area contributed by atoms with Crippen molar-refractivity contribution < 1.29 is 22.7 Å². The van der Waals surface area contributed by atoms with E-state index in [1.54, 1.807) is 0 Å². The molecule has 0 saturated heterocycles. The summed E-state index contributed by atoms with van der Waals surface area (Å²) in [5.41, 5.74) is -1.90. The van der Waals surface area contributed by atoms with E-state index in [4.69, 9.17) is 27.9 Å². The number of hydrogen-bond donors (Lipinski definition) is 1. The van der Waals surface area contributed by atoms with Gasteiger partial charge in [-0.05, 0) is 13.0 Å². The number of alkyl halides is 3. The number of fused-ring (bicyclic) bond motifs is 3. The lowest BCUT2D eigenvalue weighted by Crippen LogP contribution is -2.46. The van der Waals surface area contributed by atoms with E-state index < -0.39 is 24.2 Å². The van der Waals surface area contributed by atoms with Crippen LogP contribution < -0.4 is 10.2 Å². The highest BCUT2D eigenvalue weighted by Gasteiger charge is 2.60. The maximum Gasteiger partial charge on any atom is 0.401 e. The number of amides is 2. The number of hydrogen-bond acceptors (Lipinski definition) is 7. The Balaban J connectivity index is 1.45. The third-order valence-corrected chi connectivity index (χ3v) is 6.15. The van der Waals surface area contributed by atoms with Crippen molar-refractivity contribution in [3.63, 3.8) is 0 Å². The first-order valence-corrected chi connectivity index (χ1v) is 11.0. The summed E-state index contributed by atoms with van der Waals surface area (Å²) in [6, 6.07) is 1.88. The Morgan fingerprint density at radius 3 is 2.67 bits per heavy atom. The number of anilines is 2. The molecule has 16 heteroatoms. The van der Waals surface area contributed by atoms with Crippen molar-refractivity contribution >= 4 is 46.3 Å². The zero-order chi connectivity index (χ0) is 25.8. The SMILES string of the molecule is COCc1cnn(-c2ncc(NC(=O)N3C[C@@](C)(C(F)(F)F)c4c3cnc3cc(Cl)nn43)cc2Cl)n1. The van der Waals surface area contributed by atoms with E-state index in [-0.39, 0.29) is 45.3 Å². The van der Waals surface area contributed by atoms with Crippen molar-refractivity contribution in [2.45, 2.75) is 25.1 Å². The monoisotopic (exact) mass is 541 g/mol. The van der Waals surface area contributed by atoms with Crippen LogP contribution in [0.1, 0.15) is 18.3 Å². The molecule has 0 fully saturated rings. The molecule has 0 aromatic carbocycles. The fourth-order valence-corrected chi connectivity index (χ4v) is 4.36. The maximum absolute atomic E-state index is 14.2. The molecule has 0 radical (unpaired) electrons. The number of pyridine rings is 1. The van der Waals surface area contributed by atoms with Gasteiger partial charge in [0.2, 0.25) is 0 Å². The first kappa shape index (κ1) is 24.2. The van der Waals surface area contributed by atoms with E-state index in [0.717, 1.165) is 16.3 Å². The number of methoxy groups -OCH3 is 1. The van der Waals surface area contributed by atoms with Gasteiger partial charge in [0.15, 0.2) is 16.6 Å². The second kappa shape index (κ2) is 8.57. The van der Waals surface area contributed by atoms with Crippen LogP contribution in [0.2, 0.25) is 10.2 Å². The predicted octanol–water partition coefficient (Wildman–Crippen LogP) is 4.03. The van der Waals surface area contributed by atoms with Crippen LogP contribution in [0.3, 0.4) is 0 Å². The largest absolute Gasteiger partial charge is 0.401 e. The van der Waals surface area contributed by atoms with Gasteiger partial charge in [-0.3, -0.25) is 4.90 Å². The number of rotatable bonds is 4. The molecule has 5 rings (SSSR count). The molecular formula is C20H16Cl2F3N9O2. The highest BCUT2D eigenvalue weighted by molar-refractivity contribution is 6.32. The summed E-state index contributed by atoms with van der Waals surface area (Å²) in [6.45, 7) is 0.538. The molecule has 4 aromatic heterocycles. The van der Waals surface area contributed by atoms with Gasteiger partial charge in [-0.2, -0.15) is 23.4 Å². The summed E-state index contributed by atoms with van der Waals surface area (Å²) in [6.07, 6.45) is -0.742. The Morgan fingerprint density at radius 1 is 1.19 bits per heavy atom. The van der Waals surface area contributed by atoms with Gasteiger partial charge in [-0.15, -0.1) is 9.90 Å². The summed E-state index contributed by atoms with van der Waals surface area (Å²) in [5.74, 6) is 0.190. The Morgan fingerprint density at radius 2 is 1.97 bits per heavy atom. The Hall–Kier alpha value is -3.49. The van der Waals surface area contributed by atoms with E-state index in [0.29, 0.717) is 5.69 Å². The minimum Gasteiger partial charge on any atom is -0.378 e. The second-order valence-electron chi connectivity index (χ2n) is 8.16. The molecule has 188 valence electrons. The van der Waals surface area contributed by atoms with Gasteiger partial charge < -0.3 is 10.1 Å². The predicted molar refractivity (Wildman–Crippen MR) is 123 cm³/mol. The molecule has 0 aliphatic carbocycles. The number of carbonyl (C=O) groups is 1. The molecule has 36 heavy (non-hydrogen) atoms. The lowest BCUT2D eigenvalue weighted by molar-refractivity contribution is -0.181. The minimum atomic E-state index is -4.70. The molecule has 0 bridgehead atoms. The smallest absolute Gasteiger partial charge is 0.378 e. The van der Waals surface area contributed by atoms with Crippen LogP contribution in [0.4, 0.5) is 29.3 Å². The van der Waals surface area contributed by atoms with Crippen LogP contribution in [0.15, 0.2) is 30.7 Å². The molecule has 11 nitrogen and oxygen atoms in total. The molecule has 5 heterocycles. The van der Waals surface area contributed by atoms with Gasteiger partial charge in [-0.25, -0.2) is 19.3 Å². The molecule has 0 saturated carbocycles. The van der Waals surface area contributed by atoms with E-state index in [1.807, 2.05) is 0 Å². The number of halogens is 5. The van der Waals surface area contributed by atoms with Crippen molar-refractivity contribution in [2.75, 3.05) is 23.9 Å². The van der Waals surface area contributed by atoms with E-state index in [2.05, 4.69) is 30.6 Å². The average molecular weight is 542 g/mol. The van der Waals surface area contributed by atoms with Crippen LogP contribution in [-0.2, 0) is 16.8 Å². The van der Waals surface area contributed by atoms with E-state index >= 15 is 0 Å². The van der Waals surface area contributed by atoms with Crippen molar-refractivity contribution in [2.24, 2.45) is 0 Å². The first-order chi connectivity index (χ1) is 17.0. The normalized spacial score (nSPS) is 17.6. The highest BCUT2D eigenvalue weighted by Crippen LogP contribution is 2.50. The van der Waals surface area contributed by atoms with Gasteiger partial charge in [0, 0.05) is 19.7 Å². The van der Waals surface area contributed by atoms with Gasteiger partial charge >= 0.3 is 12.2 Å². The van der Waals surface area contributed by atoms with Crippen molar-refractivity contribution in [1.82, 2.24) is 34.6 Å². The number of nitrogens with one attached hydrogen (secondary N) is 1. The fourth-order valence-electron chi connectivity index (χ4n) is 3.94. The zero-order valence-corrected chi connectivity index (χ0v) is 20.1. The van der Waals surface area contributed by atoms with Gasteiger partial charge in [-0.1, -0.05) is 23.2 Å². The van der Waals surface area contributed by atoms with Crippen molar-refractivity contribution in [3.8, 4) is 5.82 Å². The number of aromatic nitrogens is 7. The quantitative estimate of drug-likeness (QED) is 0.414. The molecule has 2 amide bonds. The Bertz CT molecular complexity index is 1490. The molecule has 0 spiro atoms. The van der Waals surface area contributed by atoms with Gasteiger partial charge in [0.25, 0.3) is 0 Å². The summed E-state index contributed by atoms with van der Waals surface area (Å²) in [4.78, 5) is 23.5. The van der Waals surface area contributed by atoms with Gasteiger partial charge in [0.05, 0.1) is 47.3 Å².